The minimum atomic E-state index is 0. The van der Waals surface area contributed by atoms with E-state index in [0.29, 0.717) is 11.4 Å². The molecule has 0 aliphatic rings. The summed E-state index contributed by atoms with van der Waals surface area (Å²) in [7, 11) is 1.56. The van der Waals surface area contributed by atoms with E-state index in [1.165, 1.54) is 0 Å². The molecule has 0 unspecified atom stereocenters. The van der Waals surface area contributed by atoms with Crippen molar-refractivity contribution in [2.75, 3.05) is 7.11 Å². The van der Waals surface area contributed by atoms with E-state index in [0.717, 1.165) is 0 Å². The van der Waals surface area contributed by atoms with Gasteiger partial charge in [-0.3, -0.25) is 5.41 Å². The van der Waals surface area contributed by atoms with Crippen molar-refractivity contribution in [3.8, 4) is 5.88 Å². The molecule has 0 saturated heterocycles. The van der Waals surface area contributed by atoms with Crippen LogP contribution in [0.3, 0.4) is 0 Å². The molecule has 4 heteroatoms. The molecule has 0 aromatic carbocycles. The molecule has 3 nitrogen and oxygen atoms in total. The van der Waals surface area contributed by atoms with Crippen LogP contribution in [-0.4, -0.2) is 12.1 Å². The molecule has 0 spiro atoms. The summed E-state index contributed by atoms with van der Waals surface area (Å²) in [5, 5.41) is 7.10. The molecule has 0 bridgehead atoms. The standard InChI is InChI=1S/C6H8N2O.Fe/c1-9-6-4-2-3-5(7)8-6;/h2-4H,1H3,(H2,7,8);. The fraction of sp³-hybridized carbons (Fsp3) is 0.167. The number of rotatable bonds is 1. The predicted octanol–water partition coefficient (Wildman–Crippen LogP) is 0.500. The smallest absolute Gasteiger partial charge is 0.191 e. The summed E-state index contributed by atoms with van der Waals surface area (Å²) in [6, 6.07) is 5.18. The molecule has 1 aromatic rings. The minimum Gasteiger partial charge on any atom is -0.482 e. The zero-order valence-corrected chi connectivity index (χ0v) is 6.60. The molecular weight excluding hydrogens is 172 g/mol. The van der Waals surface area contributed by atoms with Gasteiger partial charge in [0.25, 0.3) is 0 Å². The fourth-order valence-corrected chi connectivity index (χ4v) is 0.567. The van der Waals surface area contributed by atoms with Gasteiger partial charge in [-0.15, -0.1) is 0 Å². The number of aromatic nitrogens is 1. The van der Waals surface area contributed by atoms with Gasteiger partial charge in [0.1, 0.15) is 5.49 Å². The molecule has 10 heavy (non-hydrogen) atoms. The molecule has 1 heterocycles. The minimum absolute atomic E-state index is 0. The number of hydrogen-bond donors (Lipinski definition) is 2. The second-order valence-electron chi connectivity index (χ2n) is 1.63. The Kier molecular flexibility index (Phi) is 3.84. The third-order valence-electron chi connectivity index (χ3n) is 0.988. The monoisotopic (exact) mass is 180 g/mol. The van der Waals surface area contributed by atoms with Crippen LogP contribution in [0.25, 0.3) is 0 Å². The second kappa shape index (κ2) is 4.14. The fourth-order valence-electron chi connectivity index (χ4n) is 0.567. The van der Waals surface area contributed by atoms with Crippen LogP contribution in [-0.2, 0) is 17.1 Å². The van der Waals surface area contributed by atoms with E-state index in [1.807, 2.05) is 0 Å². The summed E-state index contributed by atoms with van der Waals surface area (Å²) in [5.41, 5.74) is 0.356. The van der Waals surface area contributed by atoms with Gasteiger partial charge in [-0.05, 0) is 12.1 Å². The van der Waals surface area contributed by atoms with Crippen molar-refractivity contribution >= 4 is 0 Å². The van der Waals surface area contributed by atoms with Crippen molar-refractivity contribution < 1.29 is 21.8 Å². The van der Waals surface area contributed by atoms with Crippen LogP contribution in [0.4, 0.5) is 0 Å². The van der Waals surface area contributed by atoms with E-state index in [2.05, 4.69) is 4.98 Å². The van der Waals surface area contributed by atoms with Crippen LogP contribution in [0.5, 0.6) is 5.88 Å². The molecule has 2 N–H and O–H groups in total. The number of hydrogen-bond acceptors (Lipinski definition) is 2. The van der Waals surface area contributed by atoms with Crippen LogP contribution >= 0.6 is 0 Å². The molecule has 0 radical (unpaired) electrons. The molecule has 56 valence electrons. The van der Waals surface area contributed by atoms with Gasteiger partial charge in [0.05, 0.1) is 7.11 Å². The van der Waals surface area contributed by atoms with E-state index in [4.69, 9.17) is 10.1 Å². The van der Waals surface area contributed by atoms with Gasteiger partial charge in [0.15, 0.2) is 5.88 Å². The summed E-state index contributed by atoms with van der Waals surface area (Å²) < 4.78 is 4.82. The maximum absolute atomic E-state index is 7.10. The number of nitrogens with one attached hydrogen (secondary N) is 2. The molecule has 0 aliphatic carbocycles. The molecule has 0 atom stereocenters. The van der Waals surface area contributed by atoms with Crippen molar-refractivity contribution in [2.45, 2.75) is 0 Å². The van der Waals surface area contributed by atoms with E-state index < -0.39 is 0 Å². The quantitative estimate of drug-likeness (QED) is 0.607. The van der Waals surface area contributed by atoms with Crippen molar-refractivity contribution in [3.63, 3.8) is 0 Å². The molecule has 0 saturated carbocycles. The zero-order chi connectivity index (χ0) is 6.69. The normalized spacial score (nSPS) is 8.10. The molecule has 1 aromatic heterocycles. The van der Waals surface area contributed by atoms with Gasteiger partial charge in [-0.25, -0.2) is 0 Å². The number of H-pyrrole nitrogens is 1. The van der Waals surface area contributed by atoms with E-state index in [-0.39, 0.29) is 17.1 Å². The zero-order valence-electron chi connectivity index (χ0n) is 5.49. The average Bonchev–Trinajstić information content (AvgIpc) is 1.88. The summed E-state index contributed by atoms with van der Waals surface area (Å²) in [6.45, 7) is 0. The van der Waals surface area contributed by atoms with Crippen molar-refractivity contribution in [1.82, 2.24) is 4.98 Å². The van der Waals surface area contributed by atoms with Crippen molar-refractivity contribution in [1.29, 1.82) is 5.41 Å². The third kappa shape index (κ3) is 2.25. The maximum Gasteiger partial charge on any atom is 0.191 e. The molecular formula is C6H8FeN2O. The Labute approximate surface area is 69.4 Å². The van der Waals surface area contributed by atoms with Crippen LogP contribution in [0.1, 0.15) is 0 Å². The molecule has 0 amide bonds. The summed E-state index contributed by atoms with van der Waals surface area (Å²) in [6.07, 6.45) is 0. The van der Waals surface area contributed by atoms with Crippen LogP contribution in [0.2, 0.25) is 0 Å². The second-order valence-corrected chi connectivity index (χ2v) is 1.63. The van der Waals surface area contributed by atoms with Crippen molar-refractivity contribution in [3.05, 3.63) is 23.7 Å². The Bertz CT molecular complexity index is 246. The Balaban J connectivity index is 0.000000810. The summed E-state index contributed by atoms with van der Waals surface area (Å²) in [5.74, 6) is 0.613. The van der Waals surface area contributed by atoms with Crippen LogP contribution in [0.15, 0.2) is 18.2 Å². The Morgan fingerprint density at radius 1 is 1.50 bits per heavy atom. The first-order chi connectivity index (χ1) is 4.33. The van der Waals surface area contributed by atoms with E-state index in [1.54, 1.807) is 25.3 Å². The van der Waals surface area contributed by atoms with Gasteiger partial charge in [-0.1, -0.05) is 6.07 Å². The average molecular weight is 180 g/mol. The first kappa shape index (κ1) is 9.27. The van der Waals surface area contributed by atoms with E-state index >= 15 is 0 Å². The largest absolute Gasteiger partial charge is 0.482 e. The summed E-state index contributed by atoms with van der Waals surface area (Å²) >= 11 is 0. The summed E-state index contributed by atoms with van der Waals surface area (Å²) in [4.78, 5) is 2.70. The maximum atomic E-state index is 7.10. The first-order valence-electron chi connectivity index (χ1n) is 2.61. The van der Waals surface area contributed by atoms with E-state index in [9.17, 15) is 0 Å². The number of methoxy groups -OCH3 is 1. The van der Waals surface area contributed by atoms with Crippen LogP contribution < -0.4 is 10.2 Å². The number of aromatic amines is 1. The Morgan fingerprint density at radius 2 is 2.20 bits per heavy atom. The van der Waals surface area contributed by atoms with Gasteiger partial charge >= 0.3 is 0 Å². The first-order valence-corrected chi connectivity index (χ1v) is 2.61. The molecule has 1 rings (SSSR count). The SMILES string of the molecule is COc1cccc(=N)[nH]1.[Fe]. The van der Waals surface area contributed by atoms with Gasteiger partial charge < -0.3 is 9.72 Å². The molecule has 0 aliphatic heterocycles. The van der Waals surface area contributed by atoms with Crippen LogP contribution in [0, 0.1) is 5.41 Å². The van der Waals surface area contributed by atoms with Gasteiger partial charge in [-0.2, -0.15) is 0 Å². The topological polar surface area (TPSA) is 48.9 Å². The van der Waals surface area contributed by atoms with Gasteiger partial charge in [0.2, 0.25) is 0 Å². The predicted molar refractivity (Wildman–Crippen MR) is 33.2 cm³/mol. The van der Waals surface area contributed by atoms with Crippen molar-refractivity contribution in [2.24, 2.45) is 0 Å². The van der Waals surface area contributed by atoms with Gasteiger partial charge in [0, 0.05) is 17.1 Å². The molecule has 0 fully saturated rings. The Hall–Kier alpha value is -0.731. The Morgan fingerprint density at radius 3 is 2.60 bits per heavy atom. The number of pyridine rings is 1. The third-order valence-corrected chi connectivity index (χ3v) is 0.988. The number of ether oxygens (including phenoxy) is 1.